The van der Waals surface area contributed by atoms with E-state index in [4.69, 9.17) is 5.26 Å². The minimum Gasteiger partial charge on any atom is -0.356 e. The summed E-state index contributed by atoms with van der Waals surface area (Å²) in [5, 5.41) is 11.6. The van der Waals surface area contributed by atoms with Gasteiger partial charge in [-0.2, -0.15) is 5.26 Å². The molecule has 0 spiro atoms. The van der Waals surface area contributed by atoms with Gasteiger partial charge in [-0.05, 0) is 43.0 Å². The van der Waals surface area contributed by atoms with Crippen LogP contribution in [0.5, 0.6) is 0 Å². The third-order valence-corrected chi connectivity index (χ3v) is 4.26. The normalized spacial score (nSPS) is 14.9. The predicted octanol–water partition coefficient (Wildman–Crippen LogP) is 2.84. The van der Waals surface area contributed by atoms with E-state index in [0.717, 1.165) is 37.7 Å². The molecular weight excluding hydrogens is 302 g/mol. The fraction of sp³-hybridized carbons (Fsp3) is 0.333. The largest absolute Gasteiger partial charge is 0.356 e. The van der Waals surface area contributed by atoms with Gasteiger partial charge >= 0.3 is 0 Å². The van der Waals surface area contributed by atoms with Gasteiger partial charge in [0, 0.05) is 24.8 Å². The van der Waals surface area contributed by atoms with Gasteiger partial charge in [0.1, 0.15) is 17.8 Å². The van der Waals surface area contributed by atoms with Crippen LogP contribution in [-0.2, 0) is 0 Å². The van der Waals surface area contributed by atoms with Crippen molar-refractivity contribution >= 4 is 17.4 Å². The van der Waals surface area contributed by atoms with Crippen LogP contribution in [0.3, 0.4) is 0 Å². The minimum absolute atomic E-state index is 0.284. The van der Waals surface area contributed by atoms with Crippen LogP contribution in [0.1, 0.15) is 35.8 Å². The average Bonchev–Trinajstić information content (AvgIpc) is 2.63. The Morgan fingerprint density at radius 3 is 2.62 bits per heavy atom. The summed E-state index contributed by atoms with van der Waals surface area (Å²) in [5.41, 5.74) is 1.52. The fourth-order valence-corrected chi connectivity index (χ4v) is 2.71. The van der Waals surface area contributed by atoms with Crippen LogP contribution in [-0.4, -0.2) is 29.0 Å². The molecule has 24 heavy (non-hydrogen) atoms. The Hall–Kier alpha value is -2.94. The zero-order chi connectivity index (χ0) is 16.9. The molecule has 122 valence electrons. The molecule has 1 N–H and O–H groups in total. The van der Waals surface area contributed by atoms with Gasteiger partial charge < -0.3 is 10.2 Å². The first-order chi connectivity index (χ1) is 11.7. The molecule has 0 radical (unpaired) electrons. The number of carbonyl (C=O) groups excluding carboxylic acids is 1. The van der Waals surface area contributed by atoms with Crippen molar-refractivity contribution in [1.29, 1.82) is 5.26 Å². The molecule has 1 saturated heterocycles. The highest BCUT2D eigenvalue weighted by atomic mass is 16.1. The van der Waals surface area contributed by atoms with E-state index in [2.05, 4.69) is 27.1 Å². The second kappa shape index (κ2) is 7.09. The Morgan fingerprint density at radius 1 is 1.25 bits per heavy atom. The van der Waals surface area contributed by atoms with Crippen molar-refractivity contribution in [2.75, 3.05) is 23.3 Å². The summed E-state index contributed by atoms with van der Waals surface area (Å²) in [6.45, 7) is 4.16. The van der Waals surface area contributed by atoms with E-state index >= 15 is 0 Å². The molecule has 0 unspecified atom stereocenters. The summed E-state index contributed by atoms with van der Waals surface area (Å²) < 4.78 is 0. The lowest BCUT2D eigenvalue weighted by Gasteiger charge is -2.31. The summed E-state index contributed by atoms with van der Waals surface area (Å²) in [7, 11) is 0. The number of aromatic nitrogens is 2. The average molecular weight is 321 g/mol. The van der Waals surface area contributed by atoms with E-state index in [1.807, 2.05) is 6.07 Å². The highest BCUT2D eigenvalue weighted by Gasteiger charge is 2.18. The number of nitrogens with zero attached hydrogens (tertiary/aromatic N) is 4. The van der Waals surface area contributed by atoms with E-state index in [0.29, 0.717) is 16.9 Å². The van der Waals surface area contributed by atoms with Crippen molar-refractivity contribution in [2.24, 2.45) is 5.92 Å². The second-order valence-electron chi connectivity index (χ2n) is 6.07. The Kier molecular flexibility index (Phi) is 4.71. The summed E-state index contributed by atoms with van der Waals surface area (Å²) in [4.78, 5) is 22.9. The number of hydrogen-bond acceptors (Lipinski definition) is 5. The molecule has 2 heterocycles. The van der Waals surface area contributed by atoms with Gasteiger partial charge in [-0.15, -0.1) is 0 Å². The predicted molar refractivity (Wildman–Crippen MR) is 91.8 cm³/mol. The molecule has 1 fully saturated rings. The third-order valence-electron chi connectivity index (χ3n) is 4.26. The van der Waals surface area contributed by atoms with Crippen molar-refractivity contribution < 1.29 is 4.79 Å². The zero-order valence-electron chi connectivity index (χ0n) is 13.6. The number of rotatable bonds is 3. The van der Waals surface area contributed by atoms with E-state index in [9.17, 15) is 4.79 Å². The van der Waals surface area contributed by atoms with Crippen molar-refractivity contribution in [3.63, 3.8) is 0 Å². The summed E-state index contributed by atoms with van der Waals surface area (Å²) in [5.74, 6) is 1.25. The number of amides is 1. The van der Waals surface area contributed by atoms with Crippen molar-refractivity contribution in [2.45, 2.75) is 19.8 Å². The molecule has 0 atom stereocenters. The van der Waals surface area contributed by atoms with Gasteiger partial charge in [-0.25, -0.2) is 9.97 Å². The standard InChI is InChI=1S/C18H19N5O/c1-13-6-8-23(9-7-13)17-10-16(20-12-21-17)18(24)22-15-4-2-14(11-19)3-5-15/h2-5,10,12-13H,6-9H2,1H3,(H,22,24). The van der Waals surface area contributed by atoms with Crippen molar-refractivity contribution in [3.8, 4) is 6.07 Å². The van der Waals surface area contributed by atoms with Crippen LogP contribution in [0.25, 0.3) is 0 Å². The SMILES string of the molecule is CC1CCN(c2cc(C(=O)Nc3ccc(C#N)cc3)ncn2)CC1. The van der Waals surface area contributed by atoms with Crippen LogP contribution in [0.15, 0.2) is 36.7 Å². The molecule has 1 amide bonds. The summed E-state index contributed by atoms with van der Waals surface area (Å²) in [6.07, 6.45) is 3.70. The highest BCUT2D eigenvalue weighted by molar-refractivity contribution is 6.03. The molecule has 3 rings (SSSR count). The van der Waals surface area contributed by atoms with Crippen LogP contribution in [0.4, 0.5) is 11.5 Å². The van der Waals surface area contributed by atoms with Gasteiger partial charge in [-0.1, -0.05) is 6.92 Å². The zero-order valence-corrected chi connectivity index (χ0v) is 13.6. The number of carbonyl (C=O) groups is 1. The number of nitrogens with one attached hydrogen (secondary N) is 1. The van der Waals surface area contributed by atoms with Crippen molar-refractivity contribution in [3.05, 3.63) is 47.9 Å². The molecule has 1 aliphatic rings. The molecule has 6 heteroatoms. The Bertz CT molecular complexity index is 758. The fourth-order valence-electron chi connectivity index (χ4n) is 2.71. The number of piperidine rings is 1. The number of hydrogen-bond donors (Lipinski definition) is 1. The minimum atomic E-state index is -0.284. The van der Waals surface area contributed by atoms with E-state index in [-0.39, 0.29) is 5.91 Å². The molecule has 1 aliphatic heterocycles. The molecule has 1 aromatic heterocycles. The first-order valence-electron chi connectivity index (χ1n) is 8.04. The Labute approximate surface area is 141 Å². The number of anilines is 2. The monoisotopic (exact) mass is 321 g/mol. The summed E-state index contributed by atoms with van der Waals surface area (Å²) >= 11 is 0. The maximum Gasteiger partial charge on any atom is 0.274 e. The lowest BCUT2D eigenvalue weighted by atomic mass is 9.99. The van der Waals surface area contributed by atoms with E-state index < -0.39 is 0 Å². The van der Waals surface area contributed by atoms with Crippen LogP contribution < -0.4 is 10.2 Å². The first kappa shape index (κ1) is 15.9. The van der Waals surface area contributed by atoms with Gasteiger partial charge in [0.25, 0.3) is 5.91 Å². The lowest BCUT2D eigenvalue weighted by Crippen LogP contribution is -2.33. The first-order valence-corrected chi connectivity index (χ1v) is 8.04. The van der Waals surface area contributed by atoms with Crippen molar-refractivity contribution in [1.82, 2.24) is 9.97 Å². The van der Waals surface area contributed by atoms with Crippen LogP contribution in [0, 0.1) is 17.2 Å². The molecular formula is C18H19N5O. The third kappa shape index (κ3) is 3.69. The summed E-state index contributed by atoms with van der Waals surface area (Å²) in [6, 6.07) is 10.5. The molecule has 2 aromatic rings. The van der Waals surface area contributed by atoms with Gasteiger partial charge in [0.15, 0.2) is 0 Å². The maximum atomic E-state index is 12.4. The quantitative estimate of drug-likeness (QED) is 0.940. The smallest absolute Gasteiger partial charge is 0.274 e. The maximum absolute atomic E-state index is 12.4. The number of nitriles is 1. The number of benzene rings is 1. The van der Waals surface area contributed by atoms with Gasteiger partial charge in [-0.3, -0.25) is 4.79 Å². The molecule has 0 bridgehead atoms. The second-order valence-corrected chi connectivity index (χ2v) is 6.07. The topological polar surface area (TPSA) is 81.9 Å². The highest BCUT2D eigenvalue weighted by Crippen LogP contribution is 2.21. The Balaban J connectivity index is 1.70. The molecule has 1 aromatic carbocycles. The Morgan fingerprint density at radius 2 is 1.96 bits per heavy atom. The van der Waals surface area contributed by atoms with E-state index in [1.54, 1.807) is 30.3 Å². The van der Waals surface area contributed by atoms with Gasteiger partial charge in [0.05, 0.1) is 11.6 Å². The lowest BCUT2D eigenvalue weighted by molar-refractivity contribution is 0.102. The van der Waals surface area contributed by atoms with Gasteiger partial charge in [0.2, 0.25) is 0 Å². The van der Waals surface area contributed by atoms with E-state index in [1.165, 1.54) is 6.33 Å². The molecule has 0 saturated carbocycles. The van der Waals surface area contributed by atoms with Crippen LogP contribution >= 0.6 is 0 Å². The molecule has 0 aliphatic carbocycles. The van der Waals surface area contributed by atoms with Crippen LogP contribution in [0.2, 0.25) is 0 Å². The molecule has 6 nitrogen and oxygen atoms in total.